The number of carbonyl (C=O) groups excluding carboxylic acids is 2. The van der Waals surface area contributed by atoms with E-state index in [-0.39, 0.29) is 11.9 Å². The Labute approximate surface area is 286 Å². The number of methoxy groups -OCH3 is 5. The van der Waals surface area contributed by atoms with Crippen molar-refractivity contribution in [1.82, 2.24) is 9.80 Å². The first-order valence-electron chi connectivity index (χ1n) is 17.1. The van der Waals surface area contributed by atoms with E-state index >= 15 is 0 Å². The average Bonchev–Trinajstić information content (AvgIpc) is 3.34. The molecule has 11 nitrogen and oxygen atoms in total. The van der Waals surface area contributed by atoms with Crippen LogP contribution in [0.3, 0.4) is 0 Å². The number of hydrogen-bond donors (Lipinski definition) is 0. The smallest absolute Gasteiger partial charge is 0.338 e. The largest absolute Gasteiger partial charge is 0.493 e. The second-order valence-corrected chi connectivity index (χ2v) is 12.1. The van der Waals surface area contributed by atoms with Gasteiger partial charge < -0.3 is 43.0 Å². The fraction of sp³-hybridized carbons (Fsp3) is 0.622. The van der Waals surface area contributed by atoms with Crippen LogP contribution in [0.4, 0.5) is 0 Å². The SMILES string of the molecule is CCCCCCN1CCCN(CC[C@@H](CCCOc2cc(C(C)=O)cc(OC)c2OC)OC(=O)c2cc(OC)c(OC)c(OC)c2)CC1. The first kappa shape index (κ1) is 38.7. The number of ketones is 1. The Balaban J connectivity index is 1.69. The number of Topliss-reactive ketones (excluding diaryl/α,β-unsaturated/α-hetero) is 1. The third-order valence-corrected chi connectivity index (χ3v) is 8.73. The molecule has 11 heteroatoms. The lowest BCUT2D eigenvalue weighted by Crippen LogP contribution is -2.33. The molecule has 0 saturated carbocycles. The molecule has 0 radical (unpaired) electrons. The lowest BCUT2D eigenvalue weighted by atomic mass is 10.1. The molecule has 1 fully saturated rings. The van der Waals surface area contributed by atoms with Crippen molar-refractivity contribution in [2.75, 3.05) is 81.4 Å². The minimum absolute atomic E-state index is 0.104. The molecule has 0 unspecified atom stereocenters. The van der Waals surface area contributed by atoms with Gasteiger partial charge in [0.05, 0.1) is 47.7 Å². The van der Waals surface area contributed by atoms with Crippen LogP contribution in [-0.2, 0) is 4.74 Å². The van der Waals surface area contributed by atoms with Crippen LogP contribution in [0.1, 0.15) is 85.9 Å². The number of rotatable bonds is 21. The second-order valence-electron chi connectivity index (χ2n) is 12.1. The van der Waals surface area contributed by atoms with Crippen molar-refractivity contribution in [2.45, 2.75) is 71.3 Å². The Kier molecular flexibility index (Phi) is 16.6. The van der Waals surface area contributed by atoms with E-state index in [1.807, 2.05) is 0 Å². The van der Waals surface area contributed by atoms with Crippen molar-refractivity contribution >= 4 is 11.8 Å². The molecule has 0 N–H and O–H groups in total. The zero-order valence-electron chi connectivity index (χ0n) is 30.1. The van der Waals surface area contributed by atoms with Crippen molar-refractivity contribution in [1.29, 1.82) is 0 Å². The molecule has 2 aromatic rings. The molecule has 1 heterocycles. The van der Waals surface area contributed by atoms with Crippen LogP contribution in [0.25, 0.3) is 0 Å². The lowest BCUT2D eigenvalue weighted by molar-refractivity contribution is 0.0221. The van der Waals surface area contributed by atoms with Gasteiger partial charge in [-0.15, -0.1) is 0 Å². The molecule has 0 bridgehead atoms. The van der Waals surface area contributed by atoms with Crippen molar-refractivity contribution < 1.29 is 42.7 Å². The van der Waals surface area contributed by atoms with Crippen molar-refractivity contribution in [2.24, 2.45) is 0 Å². The van der Waals surface area contributed by atoms with Gasteiger partial charge in [-0.25, -0.2) is 4.79 Å². The van der Waals surface area contributed by atoms with Gasteiger partial charge in [0, 0.05) is 25.2 Å². The first-order chi connectivity index (χ1) is 23.3. The van der Waals surface area contributed by atoms with Gasteiger partial charge in [0.15, 0.2) is 28.8 Å². The maximum atomic E-state index is 13.5. The molecule has 1 saturated heterocycles. The minimum atomic E-state index is -0.463. The summed E-state index contributed by atoms with van der Waals surface area (Å²) >= 11 is 0. The molecule has 1 aliphatic rings. The zero-order chi connectivity index (χ0) is 34.9. The fourth-order valence-corrected chi connectivity index (χ4v) is 5.97. The standard InChI is InChI=1S/C37H56N2O9/c1-8-9-10-11-16-38-17-13-18-39(21-20-38)19-15-30(48-37(41)29-25-32(43-4)35(45-6)33(26-29)44-5)14-12-22-47-34-24-28(27(2)40)23-31(42-3)36(34)46-7/h23-26,30H,8-22H2,1-7H3/t30-/m1/s1. The van der Waals surface area contributed by atoms with Gasteiger partial charge >= 0.3 is 5.97 Å². The van der Waals surface area contributed by atoms with Gasteiger partial charge in [0.2, 0.25) is 11.5 Å². The molecule has 0 amide bonds. The van der Waals surface area contributed by atoms with Gasteiger partial charge in [0.1, 0.15) is 6.10 Å². The van der Waals surface area contributed by atoms with E-state index in [2.05, 4.69) is 16.7 Å². The molecule has 2 aromatic carbocycles. The number of ether oxygens (including phenoxy) is 7. The van der Waals surface area contributed by atoms with Crippen LogP contribution in [-0.4, -0.2) is 109 Å². The summed E-state index contributed by atoms with van der Waals surface area (Å²) in [5.74, 6) is 1.89. The Morgan fingerprint density at radius 2 is 1.23 bits per heavy atom. The van der Waals surface area contributed by atoms with Crippen LogP contribution in [0.2, 0.25) is 0 Å². The van der Waals surface area contributed by atoms with E-state index in [0.717, 1.165) is 45.7 Å². The van der Waals surface area contributed by atoms with Gasteiger partial charge in [-0.2, -0.15) is 0 Å². The third-order valence-electron chi connectivity index (χ3n) is 8.73. The highest BCUT2D eigenvalue weighted by Gasteiger charge is 2.23. The third kappa shape index (κ3) is 11.5. The Bertz CT molecular complexity index is 1280. The van der Waals surface area contributed by atoms with Gasteiger partial charge in [0.25, 0.3) is 0 Å². The van der Waals surface area contributed by atoms with Crippen LogP contribution in [0.5, 0.6) is 34.5 Å². The number of unbranched alkanes of at least 4 members (excludes halogenated alkanes) is 3. The van der Waals surface area contributed by atoms with Crippen LogP contribution >= 0.6 is 0 Å². The first-order valence-corrected chi connectivity index (χ1v) is 17.1. The zero-order valence-corrected chi connectivity index (χ0v) is 30.1. The quantitative estimate of drug-likeness (QED) is 0.0848. The molecular formula is C37H56N2O9. The number of hydrogen-bond acceptors (Lipinski definition) is 11. The van der Waals surface area contributed by atoms with Crippen LogP contribution in [0.15, 0.2) is 24.3 Å². The van der Waals surface area contributed by atoms with E-state index in [1.54, 1.807) is 24.3 Å². The predicted molar refractivity (Wildman–Crippen MR) is 186 cm³/mol. The molecule has 3 rings (SSSR count). The van der Waals surface area contributed by atoms with E-state index in [0.29, 0.717) is 71.5 Å². The van der Waals surface area contributed by atoms with E-state index in [1.165, 1.54) is 68.2 Å². The fourth-order valence-electron chi connectivity index (χ4n) is 5.97. The Morgan fingerprint density at radius 1 is 0.667 bits per heavy atom. The van der Waals surface area contributed by atoms with E-state index in [9.17, 15) is 9.59 Å². The number of esters is 1. The Morgan fingerprint density at radius 3 is 1.79 bits per heavy atom. The van der Waals surface area contributed by atoms with E-state index < -0.39 is 5.97 Å². The number of nitrogens with zero attached hydrogens (tertiary/aromatic N) is 2. The van der Waals surface area contributed by atoms with Gasteiger partial charge in [-0.1, -0.05) is 26.2 Å². The summed E-state index contributed by atoms with van der Waals surface area (Å²) < 4.78 is 39.5. The molecule has 1 aliphatic heterocycles. The summed E-state index contributed by atoms with van der Waals surface area (Å²) in [5.41, 5.74) is 0.786. The minimum Gasteiger partial charge on any atom is -0.493 e. The van der Waals surface area contributed by atoms with Crippen LogP contribution in [0, 0.1) is 0 Å². The predicted octanol–water partition coefficient (Wildman–Crippen LogP) is 6.29. The Hall–Kier alpha value is -3.70. The highest BCUT2D eigenvalue weighted by atomic mass is 16.6. The summed E-state index contributed by atoms with van der Waals surface area (Å²) in [6.07, 6.45) is 7.75. The topological polar surface area (TPSA) is 105 Å². The monoisotopic (exact) mass is 672 g/mol. The lowest BCUT2D eigenvalue weighted by Gasteiger charge is -2.25. The summed E-state index contributed by atoms with van der Waals surface area (Å²) in [7, 11) is 7.60. The molecule has 1 atom stereocenters. The average molecular weight is 673 g/mol. The summed E-state index contributed by atoms with van der Waals surface area (Å²) in [4.78, 5) is 30.7. The maximum absolute atomic E-state index is 13.5. The molecule has 48 heavy (non-hydrogen) atoms. The summed E-state index contributed by atoms with van der Waals surface area (Å²) in [6, 6.07) is 6.52. The number of benzene rings is 2. The molecular weight excluding hydrogens is 616 g/mol. The molecule has 0 aliphatic carbocycles. The van der Waals surface area contributed by atoms with Gasteiger partial charge in [-0.05, 0) is 82.9 Å². The van der Waals surface area contributed by atoms with Crippen molar-refractivity contribution in [3.05, 3.63) is 35.4 Å². The van der Waals surface area contributed by atoms with E-state index in [4.69, 9.17) is 33.2 Å². The second kappa shape index (κ2) is 20.6. The highest BCUT2D eigenvalue weighted by molar-refractivity contribution is 5.95. The highest BCUT2D eigenvalue weighted by Crippen LogP contribution is 2.40. The van der Waals surface area contributed by atoms with Gasteiger partial charge in [-0.3, -0.25) is 4.79 Å². The summed E-state index contributed by atoms with van der Waals surface area (Å²) in [6.45, 7) is 10.3. The normalized spacial score (nSPS) is 14.5. The number of carbonyl (C=O) groups is 2. The molecule has 0 aromatic heterocycles. The maximum Gasteiger partial charge on any atom is 0.338 e. The van der Waals surface area contributed by atoms with Crippen molar-refractivity contribution in [3.63, 3.8) is 0 Å². The van der Waals surface area contributed by atoms with Crippen molar-refractivity contribution in [3.8, 4) is 34.5 Å². The molecule has 268 valence electrons. The summed E-state index contributed by atoms with van der Waals surface area (Å²) in [5, 5.41) is 0. The van der Waals surface area contributed by atoms with Crippen LogP contribution < -0.4 is 28.4 Å². The molecule has 0 spiro atoms.